The van der Waals surface area contributed by atoms with Gasteiger partial charge < -0.3 is 4.90 Å². The van der Waals surface area contributed by atoms with E-state index in [2.05, 4.69) is 11.6 Å². The molecule has 0 heterocycles. The van der Waals surface area contributed by atoms with E-state index in [0.717, 1.165) is 31.4 Å². The van der Waals surface area contributed by atoms with E-state index in [9.17, 15) is 17.6 Å². The molecule has 1 amide bonds. The fourth-order valence-electron chi connectivity index (χ4n) is 1.99. The van der Waals surface area contributed by atoms with Gasteiger partial charge in [0.15, 0.2) is 0 Å². The van der Waals surface area contributed by atoms with E-state index in [0.29, 0.717) is 13.1 Å². The second-order valence-electron chi connectivity index (χ2n) is 5.06. The molecule has 0 unspecified atom stereocenters. The molecule has 7 heteroatoms. The Morgan fingerprint density at radius 1 is 1.18 bits per heavy atom. The molecule has 1 N–H and O–H groups in total. The fraction of sp³-hybridized carbons (Fsp3) is 0.533. The van der Waals surface area contributed by atoms with E-state index in [4.69, 9.17) is 0 Å². The van der Waals surface area contributed by atoms with Crippen LogP contribution in [0.4, 0.5) is 4.39 Å². The molecule has 1 aromatic rings. The van der Waals surface area contributed by atoms with Gasteiger partial charge in [-0.05, 0) is 30.7 Å². The van der Waals surface area contributed by atoms with Crippen molar-refractivity contribution in [3.8, 4) is 0 Å². The van der Waals surface area contributed by atoms with E-state index >= 15 is 0 Å². The smallest absolute Gasteiger partial charge is 0.240 e. The van der Waals surface area contributed by atoms with Gasteiger partial charge in [0.05, 0.1) is 4.90 Å². The Bertz CT molecular complexity index is 573. The Labute approximate surface area is 131 Å². The van der Waals surface area contributed by atoms with Gasteiger partial charge in [-0.15, -0.1) is 0 Å². The molecule has 22 heavy (non-hydrogen) atoms. The first kappa shape index (κ1) is 18.6. The van der Waals surface area contributed by atoms with Gasteiger partial charge >= 0.3 is 0 Å². The molecule has 5 nitrogen and oxygen atoms in total. The van der Waals surface area contributed by atoms with Crippen LogP contribution in [-0.4, -0.2) is 38.9 Å². The summed E-state index contributed by atoms with van der Waals surface area (Å²) in [6, 6.07) is 4.62. The van der Waals surface area contributed by atoms with Crippen LogP contribution in [0.5, 0.6) is 0 Å². The van der Waals surface area contributed by atoms with Gasteiger partial charge in [-0.1, -0.05) is 19.8 Å². The van der Waals surface area contributed by atoms with Gasteiger partial charge in [-0.3, -0.25) is 4.79 Å². The summed E-state index contributed by atoms with van der Waals surface area (Å²) in [5.74, 6) is -0.560. The van der Waals surface area contributed by atoms with Crippen LogP contribution in [0.3, 0.4) is 0 Å². The number of sulfonamides is 1. The second kappa shape index (κ2) is 8.85. The van der Waals surface area contributed by atoms with E-state index < -0.39 is 15.8 Å². The molecular formula is C15H23FN2O3S. The van der Waals surface area contributed by atoms with Crippen LogP contribution < -0.4 is 4.72 Å². The SMILES string of the molecule is CCCCCN(CCNS(=O)(=O)c1ccc(F)cc1)C(C)=O. The first-order valence-electron chi connectivity index (χ1n) is 7.37. The van der Waals surface area contributed by atoms with Crippen molar-refractivity contribution in [1.82, 2.24) is 9.62 Å². The quantitative estimate of drug-likeness (QED) is 0.706. The molecule has 0 spiro atoms. The minimum absolute atomic E-state index is 0.00857. The lowest BCUT2D eigenvalue weighted by molar-refractivity contribution is -0.128. The monoisotopic (exact) mass is 330 g/mol. The molecule has 1 aromatic carbocycles. The van der Waals surface area contributed by atoms with Crippen molar-refractivity contribution < 1.29 is 17.6 Å². The van der Waals surface area contributed by atoms with Crippen LogP contribution in [0.2, 0.25) is 0 Å². The Morgan fingerprint density at radius 3 is 2.36 bits per heavy atom. The number of benzene rings is 1. The molecule has 124 valence electrons. The minimum Gasteiger partial charge on any atom is -0.342 e. The highest BCUT2D eigenvalue weighted by molar-refractivity contribution is 7.89. The van der Waals surface area contributed by atoms with Crippen LogP contribution in [-0.2, 0) is 14.8 Å². The molecule has 0 saturated heterocycles. The predicted octanol–water partition coefficient (Wildman–Crippen LogP) is 2.14. The van der Waals surface area contributed by atoms with Crippen LogP contribution in [0.15, 0.2) is 29.2 Å². The molecule has 0 aliphatic rings. The summed E-state index contributed by atoms with van der Waals surface area (Å²) in [7, 11) is -3.68. The van der Waals surface area contributed by atoms with Crippen molar-refractivity contribution in [3.05, 3.63) is 30.1 Å². The number of unbranched alkanes of at least 4 members (excludes halogenated alkanes) is 2. The zero-order valence-corrected chi connectivity index (χ0v) is 13.8. The number of hydrogen-bond acceptors (Lipinski definition) is 3. The van der Waals surface area contributed by atoms with E-state index in [1.165, 1.54) is 19.1 Å². The summed E-state index contributed by atoms with van der Waals surface area (Å²) in [4.78, 5) is 13.1. The van der Waals surface area contributed by atoms with Crippen molar-refractivity contribution in [2.75, 3.05) is 19.6 Å². The summed E-state index contributed by atoms with van der Waals surface area (Å²) in [6.07, 6.45) is 2.99. The van der Waals surface area contributed by atoms with Gasteiger partial charge in [-0.25, -0.2) is 17.5 Å². The third kappa shape index (κ3) is 6.11. The standard InChI is InChI=1S/C15H23FN2O3S/c1-3-4-5-11-18(13(2)19)12-10-17-22(20,21)15-8-6-14(16)7-9-15/h6-9,17H,3-5,10-12H2,1-2H3. The summed E-state index contributed by atoms with van der Waals surface area (Å²) in [6.45, 7) is 4.63. The Morgan fingerprint density at radius 2 is 1.82 bits per heavy atom. The van der Waals surface area contributed by atoms with Gasteiger partial charge in [0.2, 0.25) is 15.9 Å². The molecule has 0 bridgehead atoms. The zero-order valence-electron chi connectivity index (χ0n) is 13.0. The number of carbonyl (C=O) groups is 1. The number of halogens is 1. The van der Waals surface area contributed by atoms with Gasteiger partial charge in [0.25, 0.3) is 0 Å². The van der Waals surface area contributed by atoms with Crippen molar-refractivity contribution in [2.45, 2.75) is 38.0 Å². The molecule has 0 fully saturated rings. The first-order chi connectivity index (χ1) is 10.4. The first-order valence-corrected chi connectivity index (χ1v) is 8.86. The number of amides is 1. The summed E-state index contributed by atoms with van der Waals surface area (Å²) in [5, 5.41) is 0. The molecule has 0 aromatic heterocycles. The van der Waals surface area contributed by atoms with Crippen LogP contribution >= 0.6 is 0 Å². The Hall–Kier alpha value is -1.47. The van der Waals surface area contributed by atoms with Gasteiger partial charge in [0, 0.05) is 26.6 Å². The predicted molar refractivity (Wildman–Crippen MR) is 83.4 cm³/mol. The minimum atomic E-state index is -3.68. The maximum absolute atomic E-state index is 12.8. The topological polar surface area (TPSA) is 66.5 Å². The maximum atomic E-state index is 12.8. The van der Waals surface area contributed by atoms with Crippen molar-refractivity contribution in [3.63, 3.8) is 0 Å². The van der Waals surface area contributed by atoms with E-state index in [1.807, 2.05) is 0 Å². The molecule has 0 radical (unpaired) electrons. The molecule has 0 saturated carbocycles. The van der Waals surface area contributed by atoms with E-state index in [-0.39, 0.29) is 17.3 Å². The van der Waals surface area contributed by atoms with Crippen molar-refractivity contribution in [2.24, 2.45) is 0 Å². The average molecular weight is 330 g/mol. The lowest BCUT2D eigenvalue weighted by Crippen LogP contribution is -2.38. The zero-order chi connectivity index (χ0) is 16.6. The van der Waals surface area contributed by atoms with Crippen molar-refractivity contribution in [1.29, 1.82) is 0 Å². The number of nitrogens with one attached hydrogen (secondary N) is 1. The lowest BCUT2D eigenvalue weighted by Gasteiger charge is -2.21. The van der Waals surface area contributed by atoms with Gasteiger partial charge in [-0.2, -0.15) is 0 Å². The summed E-state index contributed by atoms with van der Waals surface area (Å²) >= 11 is 0. The van der Waals surface area contributed by atoms with Crippen LogP contribution in [0.25, 0.3) is 0 Å². The molecule has 0 aliphatic heterocycles. The third-order valence-electron chi connectivity index (χ3n) is 3.27. The van der Waals surface area contributed by atoms with Crippen LogP contribution in [0, 0.1) is 5.82 Å². The number of nitrogens with zero attached hydrogens (tertiary/aromatic N) is 1. The summed E-state index contributed by atoms with van der Waals surface area (Å²) in [5.41, 5.74) is 0. The molecule has 1 rings (SSSR count). The Kier molecular flexibility index (Phi) is 7.47. The third-order valence-corrected chi connectivity index (χ3v) is 4.75. The second-order valence-corrected chi connectivity index (χ2v) is 6.83. The normalized spacial score (nSPS) is 11.4. The number of carbonyl (C=O) groups excluding carboxylic acids is 1. The molecular weight excluding hydrogens is 307 g/mol. The number of rotatable bonds is 9. The van der Waals surface area contributed by atoms with Crippen LogP contribution in [0.1, 0.15) is 33.1 Å². The fourth-order valence-corrected chi connectivity index (χ4v) is 3.01. The highest BCUT2D eigenvalue weighted by atomic mass is 32.2. The van der Waals surface area contributed by atoms with Crippen molar-refractivity contribution >= 4 is 15.9 Å². The largest absolute Gasteiger partial charge is 0.342 e. The lowest BCUT2D eigenvalue weighted by atomic mass is 10.2. The highest BCUT2D eigenvalue weighted by Gasteiger charge is 2.15. The Balaban J connectivity index is 2.52. The molecule has 0 aliphatic carbocycles. The van der Waals surface area contributed by atoms with Gasteiger partial charge in [0.1, 0.15) is 5.82 Å². The average Bonchev–Trinajstić information content (AvgIpc) is 2.46. The highest BCUT2D eigenvalue weighted by Crippen LogP contribution is 2.09. The molecule has 0 atom stereocenters. The maximum Gasteiger partial charge on any atom is 0.240 e. The van der Waals surface area contributed by atoms with E-state index in [1.54, 1.807) is 4.90 Å². The number of hydrogen-bond donors (Lipinski definition) is 1. The summed E-state index contributed by atoms with van der Waals surface area (Å²) < 4.78 is 39.3.